The van der Waals surface area contributed by atoms with Crippen LogP contribution in [-0.4, -0.2) is 44.3 Å². The van der Waals surface area contributed by atoms with Gasteiger partial charge in [0.15, 0.2) is 0 Å². The number of hydrogen-bond acceptors (Lipinski definition) is 3. The highest BCUT2D eigenvalue weighted by atomic mass is 16.4. The fraction of sp³-hybridized carbons (Fsp3) is 0.462. The predicted molar refractivity (Wildman–Crippen MR) is 71.3 cm³/mol. The molecule has 6 nitrogen and oxygen atoms in total. The van der Waals surface area contributed by atoms with Gasteiger partial charge in [-0.05, 0) is 19.4 Å². The van der Waals surface area contributed by atoms with E-state index in [1.807, 2.05) is 13.8 Å². The largest absolute Gasteiger partial charge is 0.480 e. The molecule has 0 saturated carbocycles. The van der Waals surface area contributed by atoms with E-state index in [9.17, 15) is 9.59 Å². The summed E-state index contributed by atoms with van der Waals surface area (Å²) in [6, 6.07) is -0.109. The summed E-state index contributed by atoms with van der Waals surface area (Å²) in [7, 11) is 1.79. The van der Waals surface area contributed by atoms with E-state index in [1.165, 1.54) is 11.0 Å². The molecule has 0 aromatic carbocycles. The second-order valence-corrected chi connectivity index (χ2v) is 4.40. The zero-order chi connectivity index (χ0) is 14.4. The van der Waals surface area contributed by atoms with Gasteiger partial charge in [0.25, 0.3) is 0 Å². The van der Waals surface area contributed by atoms with Crippen molar-refractivity contribution in [2.45, 2.75) is 26.3 Å². The number of amides is 1. The van der Waals surface area contributed by atoms with Crippen molar-refractivity contribution in [3.63, 3.8) is 0 Å². The molecule has 0 aliphatic carbocycles. The molecule has 0 radical (unpaired) electrons. The minimum Gasteiger partial charge on any atom is -0.480 e. The van der Waals surface area contributed by atoms with E-state index in [-0.39, 0.29) is 18.5 Å². The van der Waals surface area contributed by atoms with Gasteiger partial charge in [-0.25, -0.2) is 0 Å². The molecule has 0 saturated heterocycles. The molecule has 1 N–H and O–H groups in total. The third-order valence-electron chi connectivity index (χ3n) is 2.85. The van der Waals surface area contributed by atoms with Gasteiger partial charge in [0.05, 0.1) is 6.20 Å². The molecular formula is C13H19N3O3. The van der Waals surface area contributed by atoms with Crippen LogP contribution in [0.5, 0.6) is 0 Å². The summed E-state index contributed by atoms with van der Waals surface area (Å²) in [4.78, 5) is 24.1. The van der Waals surface area contributed by atoms with Gasteiger partial charge in [0.2, 0.25) is 5.91 Å². The molecule has 0 aliphatic rings. The first-order chi connectivity index (χ1) is 8.93. The van der Waals surface area contributed by atoms with Gasteiger partial charge in [-0.3, -0.25) is 14.3 Å². The predicted octanol–water partition coefficient (Wildman–Crippen LogP) is 1.14. The van der Waals surface area contributed by atoms with Crippen LogP contribution in [0.2, 0.25) is 0 Å². The van der Waals surface area contributed by atoms with E-state index in [0.29, 0.717) is 6.42 Å². The lowest BCUT2D eigenvalue weighted by Crippen LogP contribution is -2.40. The van der Waals surface area contributed by atoms with Gasteiger partial charge >= 0.3 is 5.97 Å². The monoisotopic (exact) mass is 265 g/mol. The fourth-order valence-electron chi connectivity index (χ4n) is 1.61. The highest BCUT2D eigenvalue weighted by Crippen LogP contribution is 2.06. The fourth-order valence-corrected chi connectivity index (χ4v) is 1.61. The molecule has 0 aliphatic heterocycles. The highest BCUT2D eigenvalue weighted by Gasteiger charge is 2.19. The van der Waals surface area contributed by atoms with Crippen LogP contribution in [0.25, 0.3) is 6.08 Å². The van der Waals surface area contributed by atoms with Crippen molar-refractivity contribution in [2.75, 3.05) is 6.54 Å². The maximum absolute atomic E-state index is 12.0. The lowest BCUT2D eigenvalue weighted by molar-refractivity contribution is -0.144. The van der Waals surface area contributed by atoms with E-state index in [4.69, 9.17) is 5.11 Å². The summed E-state index contributed by atoms with van der Waals surface area (Å²) in [6.07, 6.45) is 7.13. The Labute approximate surface area is 112 Å². The molecule has 6 heteroatoms. The molecule has 19 heavy (non-hydrogen) atoms. The molecule has 1 amide bonds. The number of carbonyl (C=O) groups excluding carboxylic acids is 1. The first kappa shape index (κ1) is 14.9. The lowest BCUT2D eigenvalue weighted by Gasteiger charge is -2.25. The topological polar surface area (TPSA) is 75.4 Å². The molecule has 104 valence electrons. The maximum atomic E-state index is 12.0. The summed E-state index contributed by atoms with van der Waals surface area (Å²) >= 11 is 0. The molecule has 0 spiro atoms. The third-order valence-corrected chi connectivity index (χ3v) is 2.85. The van der Waals surface area contributed by atoms with Crippen molar-refractivity contribution in [2.24, 2.45) is 7.05 Å². The van der Waals surface area contributed by atoms with Crippen LogP contribution in [0.3, 0.4) is 0 Å². The first-order valence-corrected chi connectivity index (χ1v) is 6.13. The van der Waals surface area contributed by atoms with Crippen molar-refractivity contribution in [1.82, 2.24) is 14.7 Å². The maximum Gasteiger partial charge on any atom is 0.323 e. The van der Waals surface area contributed by atoms with E-state index in [1.54, 1.807) is 30.2 Å². The van der Waals surface area contributed by atoms with Crippen LogP contribution in [0.1, 0.15) is 25.8 Å². The van der Waals surface area contributed by atoms with Gasteiger partial charge in [-0.15, -0.1) is 0 Å². The van der Waals surface area contributed by atoms with Gasteiger partial charge in [0, 0.05) is 30.9 Å². The van der Waals surface area contributed by atoms with Gasteiger partial charge in [-0.2, -0.15) is 5.10 Å². The Morgan fingerprint density at radius 2 is 2.26 bits per heavy atom. The van der Waals surface area contributed by atoms with Crippen molar-refractivity contribution in [1.29, 1.82) is 0 Å². The summed E-state index contributed by atoms with van der Waals surface area (Å²) in [6.45, 7) is 3.46. The van der Waals surface area contributed by atoms with Crippen molar-refractivity contribution in [3.05, 3.63) is 24.0 Å². The molecule has 1 aromatic heterocycles. The summed E-state index contributed by atoms with van der Waals surface area (Å²) in [5.74, 6) is -1.32. The molecule has 1 rings (SSSR count). The number of hydrogen-bond donors (Lipinski definition) is 1. The van der Waals surface area contributed by atoms with Crippen LogP contribution in [0.4, 0.5) is 0 Å². The van der Waals surface area contributed by atoms with Crippen molar-refractivity contribution >= 4 is 18.0 Å². The van der Waals surface area contributed by atoms with Crippen LogP contribution in [0, 0.1) is 0 Å². The number of nitrogens with zero attached hydrogens (tertiary/aromatic N) is 3. The van der Waals surface area contributed by atoms with E-state index in [0.717, 1.165) is 5.56 Å². The first-order valence-electron chi connectivity index (χ1n) is 6.13. The average molecular weight is 265 g/mol. The summed E-state index contributed by atoms with van der Waals surface area (Å²) in [5.41, 5.74) is 0.801. The lowest BCUT2D eigenvalue weighted by atomic mass is 10.2. The standard InChI is InChI=1S/C13H19N3O3/c1-4-10(2)16(9-13(18)19)12(17)6-5-11-7-14-15(3)8-11/h5-8,10H,4,9H2,1-3H3,(H,18,19)/b6-5+. The third kappa shape index (κ3) is 4.57. The highest BCUT2D eigenvalue weighted by molar-refractivity contribution is 5.93. The van der Waals surface area contributed by atoms with Crippen LogP contribution >= 0.6 is 0 Å². The molecule has 0 bridgehead atoms. The summed E-state index contributed by atoms with van der Waals surface area (Å²) < 4.78 is 1.63. The minimum absolute atomic E-state index is 0.109. The number of rotatable bonds is 6. The minimum atomic E-state index is -1.01. The zero-order valence-electron chi connectivity index (χ0n) is 11.4. The summed E-state index contributed by atoms with van der Waals surface area (Å²) in [5, 5.41) is 12.8. The Balaban J connectivity index is 2.76. The molecule has 1 heterocycles. The van der Waals surface area contributed by atoms with Crippen LogP contribution in [-0.2, 0) is 16.6 Å². The normalized spacial score (nSPS) is 12.6. The number of aryl methyl sites for hydroxylation is 1. The van der Waals surface area contributed by atoms with Gasteiger partial charge < -0.3 is 10.0 Å². The Kier molecular flexibility index (Phi) is 5.29. The van der Waals surface area contributed by atoms with E-state index in [2.05, 4.69) is 5.10 Å². The molecule has 0 fully saturated rings. The number of carboxylic acids is 1. The van der Waals surface area contributed by atoms with Gasteiger partial charge in [-0.1, -0.05) is 6.92 Å². The smallest absolute Gasteiger partial charge is 0.323 e. The molecular weight excluding hydrogens is 246 g/mol. The van der Waals surface area contributed by atoms with Crippen LogP contribution in [0.15, 0.2) is 18.5 Å². The Morgan fingerprint density at radius 3 is 2.74 bits per heavy atom. The average Bonchev–Trinajstić information content (AvgIpc) is 2.77. The molecule has 1 unspecified atom stereocenters. The van der Waals surface area contributed by atoms with E-state index >= 15 is 0 Å². The van der Waals surface area contributed by atoms with E-state index < -0.39 is 5.97 Å². The Morgan fingerprint density at radius 1 is 1.58 bits per heavy atom. The number of aromatic nitrogens is 2. The van der Waals surface area contributed by atoms with Crippen LogP contribution < -0.4 is 0 Å². The SMILES string of the molecule is CCC(C)N(CC(=O)O)C(=O)/C=C/c1cnn(C)c1. The number of carboxylic acid groups (broad SMARTS) is 1. The quantitative estimate of drug-likeness (QED) is 0.783. The molecule has 1 aromatic rings. The second kappa shape index (κ2) is 6.72. The Hall–Kier alpha value is -2.11. The number of carbonyl (C=O) groups is 2. The second-order valence-electron chi connectivity index (χ2n) is 4.40. The van der Waals surface area contributed by atoms with Crippen molar-refractivity contribution in [3.8, 4) is 0 Å². The van der Waals surface area contributed by atoms with Gasteiger partial charge in [0.1, 0.15) is 6.54 Å². The Bertz CT molecular complexity index is 479. The zero-order valence-corrected chi connectivity index (χ0v) is 11.4. The number of aliphatic carboxylic acids is 1. The van der Waals surface area contributed by atoms with Crippen molar-refractivity contribution < 1.29 is 14.7 Å². The molecule has 1 atom stereocenters.